The summed E-state index contributed by atoms with van der Waals surface area (Å²) in [6.45, 7) is 14.0. The average Bonchev–Trinajstić information content (AvgIpc) is 2.74. The number of nitrogens with zero attached hydrogens (tertiary/aromatic N) is 1. The van der Waals surface area contributed by atoms with Crippen LogP contribution < -0.4 is 10.9 Å². The summed E-state index contributed by atoms with van der Waals surface area (Å²) in [5.74, 6) is 0.645. The van der Waals surface area contributed by atoms with Gasteiger partial charge in [-0.05, 0) is 24.0 Å². The van der Waals surface area contributed by atoms with Crippen LogP contribution in [-0.2, 0) is 0 Å². The molecule has 0 saturated heterocycles. The average molecular weight is 398 g/mol. The van der Waals surface area contributed by atoms with Crippen LogP contribution in [0, 0.1) is 5.92 Å². The van der Waals surface area contributed by atoms with Gasteiger partial charge >= 0.3 is 0 Å². The van der Waals surface area contributed by atoms with Gasteiger partial charge in [-0.15, -0.1) is 0 Å². The maximum atomic E-state index is 11.0. The highest BCUT2D eigenvalue weighted by Gasteiger charge is 2.04. The molecule has 0 aliphatic heterocycles. The van der Waals surface area contributed by atoms with E-state index in [-0.39, 0.29) is 5.56 Å². The van der Waals surface area contributed by atoms with Crippen molar-refractivity contribution >= 4 is 5.70 Å². The molecule has 1 heterocycles. The van der Waals surface area contributed by atoms with Crippen molar-refractivity contribution in [3.8, 4) is 11.3 Å². The van der Waals surface area contributed by atoms with Gasteiger partial charge in [-0.3, -0.25) is 4.79 Å². The van der Waals surface area contributed by atoms with Crippen molar-refractivity contribution in [2.75, 3.05) is 6.54 Å². The van der Waals surface area contributed by atoms with Crippen LogP contribution >= 0.6 is 0 Å². The van der Waals surface area contributed by atoms with E-state index >= 15 is 0 Å². The first-order valence-electron chi connectivity index (χ1n) is 11.1. The molecule has 4 heteroatoms. The van der Waals surface area contributed by atoms with Gasteiger partial charge in [-0.2, -0.15) is 5.10 Å². The highest BCUT2D eigenvalue weighted by Crippen LogP contribution is 2.18. The van der Waals surface area contributed by atoms with Crippen LogP contribution in [-0.4, -0.2) is 16.7 Å². The standard InChI is InChI=1S/C18H23N3O.C7H16/c1-4-5-13(2)12-19-14(3)15-6-8-16(9-7-15)17-10-11-18(22)21-20-17;1-3-5-7-6-4-2/h6-11,13,19H,3-5,12H2,1-2H3,(H,21,22);3-7H2,1-2H3. The van der Waals surface area contributed by atoms with Crippen LogP contribution in [0.25, 0.3) is 17.0 Å². The minimum absolute atomic E-state index is 0.195. The van der Waals surface area contributed by atoms with Crippen molar-refractivity contribution in [3.05, 3.63) is 58.9 Å². The van der Waals surface area contributed by atoms with Crippen LogP contribution in [0.1, 0.15) is 78.2 Å². The molecule has 4 nitrogen and oxygen atoms in total. The quantitative estimate of drug-likeness (QED) is 0.431. The van der Waals surface area contributed by atoms with E-state index in [1.807, 2.05) is 24.3 Å². The molecule has 2 rings (SSSR count). The zero-order valence-electron chi connectivity index (χ0n) is 18.8. The fraction of sp³-hybridized carbons (Fsp3) is 0.520. The molecule has 2 aromatic rings. The Morgan fingerprint density at radius 1 is 1.00 bits per heavy atom. The van der Waals surface area contributed by atoms with Gasteiger partial charge in [0.1, 0.15) is 0 Å². The van der Waals surface area contributed by atoms with Gasteiger partial charge < -0.3 is 5.32 Å². The van der Waals surface area contributed by atoms with E-state index in [1.54, 1.807) is 6.07 Å². The number of unbranched alkanes of at least 4 members (excludes halogenated alkanes) is 4. The predicted molar refractivity (Wildman–Crippen MR) is 126 cm³/mol. The normalized spacial score (nSPS) is 11.3. The van der Waals surface area contributed by atoms with E-state index in [0.717, 1.165) is 29.1 Å². The number of H-pyrrole nitrogens is 1. The SMILES string of the molecule is C=C(NCC(C)CCC)c1ccc(-c2ccc(=O)[nH]n2)cc1.CCCCCCC. The van der Waals surface area contributed by atoms with Crippen molar-refractivity contribution in [1.82, 2.24) is 15.5 Å². The lowest BCUT2D eigenvalue weighted by molar-refractivity contribution is 0.511. The first-order valence-corrected chi connectivity index (χ1v) is 11.1. The van der Waals surface area contributed by atoms with Crippen molar-refractivity contribution < 1.29 is 0 Å². The third kappa shape index (κ3) is 10.1. The molecule has 1 atom stereocenters. The smallest absolute Gasteiger partial charge is 0.264 e. The Balaban J connectivity index is 0.000000516. The maximum Gasteiger partial charge on any atom is 0.264 e. The van der Waals surface area contributed by atoms with E-state index < -0.39 is 0 Å². The van der Waals surface area contributed by atoms with Crippen molar-refractivity contribution in [2.45, 2.75) is 72.6 Å². The van der Waals surface area contributed by atoms with E-state index in [4.69, 9.17) is 0 Å². The lowest BCUT2D eigenvalue weighted by Gasteiger charge is -2.14. The van der Waals surface area contributed by atoms with Gasteiger partial charge in [0.2, 0.25) is 0 Å². The molecule has 0 aliphatic rings. The Morgan fingerprint density at radius 2 is 1.66 bits per heavy atom. The van der Waals surface area contributed by atoms with E-state index in [2.05, 4.69) is 49.8 Å². The maximum absolute atomic E-state index is 11.0. The Morgan fingerprint density at radius 3 is 2.17 bits per heavy atom. The van der Waals surface area contributed by atoms with Crippen molar-refractivity contribution in [2.24, 2.45) is 5.92 Å². The highest BCUT2D eigenvalue weighted by atomic mass is 16.1. The summed E-state index contributed by atoms with van der Waals surface area (Å²) in [6.07, 6.45) is 9.43. The summed E-state index contributed by atoms with van der Waals surface area (Å²) in [7, 11) is 0. The Hall–Kier alpha value is -2.36. The number of aromatic amines is 1. The molecule has 0 radical (unpaired) electrons. The molecule has 0 aliphatic carbocycles. The second kappa shape index (κ2) is 14.6. The number of nitrogens with one attached hydrogen (secondary N) is 2. The van der Waals surface area contributed by atoms with Crippen LogP contribution in [0.5, 0.6) is 0 Å². The Labute approximate surface area is 176 Å². The minimum atomic E-state index is -0.195. The van der Waals surface area contributed by atoms with Crippen LogP contribution in [0.3, 0.4) is 0 Å². The molecule has 1 unspecified atom stereocenters. The monoisotopic (exact) mass is 397 g/mol. The Kier molecular flexibility index (Phi) is 12.4. The molecule has 0 spiro atoms. The third-order valence-corrected chi connectivity index (χ3v) is 4.86. The molecular weight excluding hydrogens is 358 g/mol. The van der Waals surface area contributed by atoms with Crippen molar-refractivity contribution in [3.63, 3.8) is 0 Å². The molecule has 0 saturated carbocycles. The topological polar surface area (TPSA) is 57.8 Å². The largest absolute Gasteiger partial charge is 0.385 e. The fourth-order valence-electron chi connectivity index (χ4n) is 3.02. The van der Waals surface area contributed by atoms with Gasteiger partial charge in [-0.1, -0.05) is 97.1 Å². The number of aromatic nitrogens is 2. The summed E-state index contributed by atoms with van der Waals surface area (Å²) in [6, 6.07) is 11.2. The molecule has 1 aromatic carbocycles. The van der Waals surface area contributed by atoms with E-state index in [1.165, 1.54) is 51.0 Å². The minimum Gasteiger partial charge on any atom is -0.385 e. The summed E-state index contributed by atoms with van der Waals surface area (Å²) >= 11 is 0. The van der Waals surface area contributed by atoms with E-state index in [0.29, 0.717) is 5.92 Å². The number of hydrogen-bond donors (Lipinski definition) is 2. The molecular formula is C25H39N3O. The Bertz CT molecular complexity index is 725. The highest BCUT2D eigenvalue weighted by molar-refractivity contribution is 5.66. The molecule has 0 fully saturated rings. The molecule has 1 aromatic heterocycles. The first-order chi connectivity index (χ1) is 14.0. The van der Waals surface area contributed by atoms with Gasteiger partial charge in [0.05, 0.1) is 5.69 Å². The number of hydrogen-bond acceptors (Lipinski definition) is 3. The van der Waals surface area contributed by atoms with E-state index in [9.17, 15) is 4.79 Å². The van der Waals surface area contributed by atoms with Gasteiger partial charge in [0.15, 0.2) is 0 Å². The lowest BCUT2D eigenvalue weighted by atomic mass is 10.0. The first kappa shape index (κ1) is 24.7. The zero-order valence-corrected chi connectivity index (χ0v) is 18.8. The van der Waals surface area contributed by atoms with Crippen LogP contribution in [0.15, 0.2) is 47.8 Å². The molecule has 160 valence electrons. The number of benzene rings is 1. The second-order valence-electron chi connectivity index (χ2n) is 7.70. The summed E-state index contributed by atoms with van der Waals surface area (Å²) in [4.78, 5) is 11.0. The fourth-order valence-corrected chi connectivity index (χ4v) is 3.02. The molecule has 0 bridgehead atoms. The molecule has 2 N–H and O–H groups in total. The summed E-state index contributed by atoms with van der Waals surface area (Å²) < 4.78 is 0. The number of rotatable bonds is 11. The third-order valence-electron chi connectivity index (χ3n) is 4.86. The predicted octanol–water partition coefficient (Wildman–Crippen LogP) is 6.41. The van der Waals surface area contributed by atoms with Crippen LogP contribution in [0.4, 0.5) is 0 Å². The van der Waals surface area contributed by atoms with Gasteiger partial charge in [0.25, 0.3) is 5.56 Å². The zero-order chi connectivity index (χ0) is 21.5. The van der Waals surface area contributed by atoms with Crippen molar-refractivity contribution in [1.29, 1.82) is 0 Å². The molecule has 29 heavy (non-hydrogen) atoms. The van der Waals surface area contributed by atoms with Crippen LogP contribution in [0.2, 0.25) is 0 Å². The lowest BCUT2D eigenvalue weighted by Crippen LogP contribution is -2.19. The summed E-state index contributed by atoms with van der Waals surface area (Å²) in [5, 5.41) is 9.87. The summed E-state index contributed by atoms with van der Waals surface area (Å²) in [5.41, 5.74) is 3.52. The molecule has 0 amide bonds. The second-order valence-corrected chi connectivity index (χ2v) is 7.70. The van der Waals surface area contributed by atoms with Gasteiger partial charge in [0, 0.05) is 23.9 Å². The van der Waals surface area contributed by atoms with Gasteiger partial charge in [-0.25, -0.2) is 5.10 Å².